The lowest BCUT2D eigenvalue weighted by molar-refractivity contribution is 0.0599. The molecule has 0 atom stereocenters. The molecule has 17 heavy (non-hydrogen) atoms. The van der Waals surface area contributed by atoms with Crippen molar-refractivity contribution in [2.24, 2.45) is 0 Å². The Morgan fingerprint density at radius 3 is 2.71 bits per heavy atom. The molecule has 0 aliphatic heterocycles. The van der Waals surface area contributed by atoms with Gasteiger partial charge in [0.1, 0.15) is 0 Å². The van der Waals surface area contributed by atoms with E-state index in [2.05, 4.69) is 20.9 Å². The zero-order valence-electron chi connectivity index (χ0n) is 9.49. The number of alkyl halides is 1. The van der Waals surface area contributed by atoms with Crippen molar-refractivity contribution < 1.29 is 4.79 Å². The monoisotopic (exact) mass is 298 g/mol. The number of carbonyl (C=O) groups is 1. The van der Waals surface area contributed by atoms with E-state index >= 15 is 0 Å². The van der Waals surface area contributed by atoms with Crippen LogP contribution in [0.25, 0.3) is 0 Å². The van der Waals surface area contributed by atoms with Gasteiger partial charge in [-0.3, -0.25) is 9.59 Å². The largest absolute Gasteiger partial charge is 0.335 e. The van der Waals surface area contributed by atoms with Gasteiger partial charge in [0.15, 0.2) is 0 Å². The third-order valence-corrected chi connectivity index (χ3v) is 3.49. The molecular weight excluding hydrogens is 284 g/mol. The molecule has 0 spiro atoms. The Morgan fingerprint density at radius 1 is 1.47 bits per heavy atom. The highest BCUT2D eigenvalue weighted by atomic mass is 79.9. The number of amides is 1. The Morgan fingerprint density at radius 2 is 2.24 bits per heavy atom. The van der Waals surface area contributed by atoms with Gasteiger partial charge < -0.3 is 9.88 Å². The van der Waals surface area contributed by atoms with Crippen molar-refractivity contribution in [3.05, 3.63) is 34.2 Å². The molecule has 0 radical (unpaired) electrons. The number of carbonyl (C=O) groups excluding carboxylic acids is 1. The van der Waals surface area contributed by atoms with Gasteiger partial charge in [0.2, 0.25) is 5.56 Å². The summed E-state index contributed by atoms with van der Waals surface area (Å²) in [6.45, 7) is 0.711. The number of halogens is 1. The summed E-state index contributed by atoms with van der Waals surface area (Å²) in [6.07, 6.45) is 4.86. The standard InChI is InChI=1S/C12H15BrN2O2/c13-6-7-15(10-2-1-3-10)12(17)9-4-5-11(16)14-8-9/h4-5,8,10H,1-3,6-7H2,(H,14,16). The van der Waals surface area contributed by atoms with E-state index in [0.717, 1.165) is 18.2 Å². The highest BCUT2D eigenvalue weighted by Gasteiger charge is 2.28. The van der Waals surface area contributed by atoms with Gasteiger partial charge in [-0.05, 0) is 25.3 Å². The van der Waals surface area contributed by atoms with Crippen LogP contribution in [0, 0.1) is 0 Å². The molecule has 1 heterocycles. The second-order valence-electron chi connectivity index (χ2n) is 4.21. The Kier molecular flexibility index (Phi) is 3.99. The third kappa shape index (κ3) is 2.77. The van der Waals surface area contributed by atoms with Crippen LogP contribution in [-0.4, -0.2) is 33.7 Å². The second-order valence-corrected chi connectivity index (χ2v) is 5.01. The van der Waals surface area contributed by atoms with Crippen LogP contribution in [0.2, 0.25) is 0 Å². The summed E-state index contributed by atoms with van der Waals surface area (Å²) >= 11 is 3.37. The number of aromatic amines is 1. The zero-order valence-corrected chi connectivity index (χ0v) is 11.1. The first-order valence-electron chi connectivity index (χ1n) is 5.78. The van der Waals surface area contributed by atoms with E-state index < -0.39 is 0 Å². The molecular formula is C12H15BrN2O2. The van der Waals surface area contributed by atoms with Crippen LogP contribution >= 0.6 is 15.9 Å². The predicted molar refractivity (Wildman–Crippen MR) is 69.5 cm³/mol. The maximum absolute atomic E-state index is 12.3. The number of pyridine rings is 1. The van der Waals surface area contributed by atoms with Gasteiger partial charge in [-0.25, -0.2) is 0 Å². The Bertz CT molecular complexity index is 434. The molecule has 1 aliphatic rings. The van der Waals surface area contributed by atoms with Crippen molar-refractivity contribution in [2.75, 3.05) is 11.9 Å². The van der Waals surface area contributed by atoms with Crippen molar-refractivity contribution in [2.45, 2.75) is 25.3 Å². The van der Waals surface area contributed by atoms with Crippen LogP contribution in [0.3, 0.4) is 0 Å². The lowest BCUT2D eigenvalue weighted by Gasteiger charge is -2.37. The van der Waals surface area contributed by atoms with E-state index in [-0.39, 0.29) is 11.5 Å². The zero-order chi connectivity index (χ0) is 12.3. The molecule has 0 bridgehead atoms. The summed E-state index contributed by atoms with van der Waals surface area (Å²) in [5.41, 5.74) is 0.370. The molecule has 1 N–H and O–H groups in total. The number of H-pyrrole nitrogens is 1. The normalized spacial score (nSPS) is 15.4. The first-order chi connectivity index (χ1) is 8.22. The first kappa shape index (κ1) is 12.4. The number of hydrogen-bond acceptors (Lipinski definition) is 2. The van der Waals surface area contributed by atoms with Crippen LogP contribution < -0.4 is 5.56 Å². The molecule has 1 saturated carbocycles. The van der Waals surface area contributed by atoms with Gasteiger partial charge in [-0.15, -0.1) is 0 Å². The quantitative estimate of drug-likeness (QED) is 0.861. The molecule has 1 aromatic rings. The van der Waals surface area contributed by atoms with Crippen molar-refractivity contribution in [3.63, 3.8) is 0 Å². The molecule has 1 aliphatic carbocycles. The smallest absolute Gasteiger partial charge is 0.255 e. The van der Waals surface area contributed by atoms with E-state index in [0.29, 0.717) is 18.2 Å². The van der Waals surface area contributed by atoms with Gasteiger partial charge in [0.25, 0.3) is 5.91 Å². The van der Waals surface area contributed by atoms with E-state index in [9.17, 15) is 9.59 Å². The van der Waals surface area contributed by atoms with Crippen molar-refractivity contribution in [1.29, 1.82) is 0 Å². The van der Waals surface area contributed by atoms with E-state index in [1.807, 2.05) is 4.90 Å². The number of rotatable bonds is 4. The second kappa shape index (κ2) is 5.49. The Hall–Kier alpha value is -1.10. The minimum absolute atomic E-state index is 0.00500. The fourth-order valence-corrected chi connectivity index (χ4v) is 2.33. The molecule has 1 amide bonds. The first-order valence-corrected chi connectivity index (χ1v) is 6.90. The van der Waals surface area contributed by atoms with Crippen LogP contribution in [-0.2, 0) is 0 Å². The minimum Gasteiger partial charge on any atom is -0.335 e. The number of hydrogen-bond donors (Lipinski definition) is 1. The topological polar surface area (TPSA) is 53.2 Å². The molecule has 0 saturated heterocycles. The average molecular weight is 299 g/mol. The summed E-state index contributed by atoms with van der Waals surface area (Å²) in [5.74, 6) is 0.00500. The van der Waals surface area contributed by atoms with E-state index in [1.54, 1.807) is 6.07 Å². The summed E-state index contributed by atoms with van der Waals surface area (Å²) in [6, 6.07) is 3.34. The molecule has 5 heteroatoms. The fourth-order valence-electron chi connectivity index (χ4n) is 1.95. The SMILES string of the molecule is O=C(c1ccc(=O)[nH]c1)N(CCBr)C1CCC1. The Balaban J connectivity index is 2.14. The molecule has 4 nitrogen and oxygen atoms in total. The number of aromatic nitrogens is 1. The number of nitrogens with one attached hydrogen (secondary N) is 1. The van der Waals surface area contributed by atoms with E-state index in [1.165, 1.54) is 18.7 Å². The highest BCUT2D eigenvalue weighted by molar-refractivity contribution is 9.09. The fraction of sp³-hybridized carbons (Fsp3) is 0.500. The lowest BCUT2D eigenvalue weighted by Crippen LogP contribution is -2.45. The Labute approximate surface area is 108 Å². The van der Waals surface area contributed by atoms with Gasteiger partial charge in [-0.1, -0.05) is 15.9 Å². The molecule has 1 fully saturated rings. The molecule has 0 aromatic carbocycles. The van der Waals surface area contributed by atoms with E-state index in [4.69, 9.17) is 0 Å². The maximum atomic E-state index is 12.3. The van der Waals surface area contributed by atoms with Gasteiger partial charge >= 0.3 is 0 Å². The van der Waals surface area contributed by atoms with Crippen LogP contribution in [0.15, 0.2) is 23.1 Å². The van der Waals surface area contributed by atoms with Gasteiger partial charge in [-0.2, -0.15) is 0 Å². The van der Waals surface area contributed by atoms with Crippen molar-refractivity contribution >= 4 is 21.8 Å². The van der Waals surface area contributed by atoms with Gasteiger partial charge in [0.05, 0.1) is 5.56 Å². The van der Waals surface area contributed by atoms with Gasteiger partial charge in [0, 0.05) is 30.2 Å². The van der Waals surface area contributed by atoms with Crippen molar-refractivity contribution in [3.8, 4) is 0 Å². The predicted octanol–water partition coefficient (Wildman–Crippen LogP) is 1.76. The highest BCUT2D eigenvalue weighted by Crippen LogP contribution is 2.26. The van der Waals surface area contributed by atoms with Crippen LogP contribution in [0.4, 0.5) is 0 Å². The van der Waals surface area contributed by atoms with Crippen molar-refractivity contribution in [1.82, 2.24) is 9.88 Å². The summed E-state index contributed by atoms with van der Waals surface area (Å²) < 4.78 is 0. The maximum Gasteiger partial charge on any atom is 0.255 e. The summed E-state index contributed by atoms with van der Waals surface area (Å²) in [7, 11) is 0. The average Bonchev–Trinajstić information content (AvgIpc) is 2.26. The summed E-state index contributed by atoms with van der Waals surface area (Å²) in [5, 5.41) is 0.776. The summed E-state index contributed by atoms with van der Waals surface area (Å²) in [4.78, 5) is 27.6. The molecule has 2 rings (SSSR count). The lowest BCUT2D eigenvalue weighted by atomic mass is 9.91. The molecule has 1 aromatic heterocycles. The third-order valence-electron chi connectivity index (χ3n) is 3.13. The van der Waals surface area contributed by atoms with Crippen LogP contribution in [0.1, 0.15) is 29.6 Å². The number of nitrogens with zero attached hydrogens (tertiary/aromatic N) is 1. The molecule has 0 unspecified atom stereocenters. The van der Waals surface area contributed by atoms with Crippen LogP contribution in [0.5, 0.6) is 0 Å². The molecule has 92 valence electrons. The minimum atomic E-state index is -0.183.